The van der Waals surface area contributed by atoms with E-state index >= 15 is 0 Å². The highest BCUT2D eigenvalue weighted by Crippen LogP contribution is 2.13. The van der Waals surface area contributed by atoms with E-state index in [1.807, 2.05) is 6.07 Å². The average molecular weight is 390 g/mol. The highest BCUT2D eigenvalue weighted by Gasteiger charge is 2.12. The summed E-state index contributed by atoms with van der Waals surface area (Å²) in [7, 11) is 1.30. The summed E-state index contributed by atoms with van der Waals surface area (Å²) in [6, 6.07) is 13.1. The van der Waals surface area contributed by atoms with Crippen LogP contribution in [-0.2, 0) is 11.3 Å². The number of hydrogen-bond acceptors (Lipinski definition) is 6. The molecule has 0 aliphatic carbocycles. The van der Waals surface area contributed by atoms with Crippen LogP contribution >= 0.6 is 0 Å². The normalized spacial score (nSPS) is 10.1. The molecule has 0 bridgehead atoms. The van der Waals surface area contributed by atoms with Crippen LogP contribution in [0.25, 0.3) is 0 Å². The van der Waals surface area contributed by atoms with Gasteiger partial charge in [0.15, 0.2) is 0 Å². The summed E-state index contributed by atoms with van der Waals surface area (Å²) in [5.41, 5.74) is 2.08. The van der Waals surface area contributed by atoms with Crippen molar-refractivity contribution in [1.29, 1.82) is 0 Å². The number of ether oxygens (including phenoxy) is 1. The molecule has 1 aromatic carbocycles. The average Bonchev–Trinajstić information content (AvgIpc) is 2.78. The first-order chi connectivity index (χ1) is 14.1. The number of hydrogen-bond donors (Lipinski definition) is 2. The van der Waals surface area contributed by atoms with E-state index in [-0.39, 0.29) is 23.6 Å². The third-order valence-electron chi connectivity index (χ3n) is 3.98. The number of carbonyl (C=O) groups excluding carboxylic acids is 3. The minimum absolute atomic E-state index is 0.229. The van der Waals surface area contributed by atoms with Crippen molar-refractivity contribution in [1.82, 2.24) is 15.3 Å². The first-order valence-electron chi connectivity index (χ1n) is 8.69. The van der Waals surface area contributed by atoms with Crippen LogP contribution in [0.5, 0.6) is 0 Å². The molecular formula is C21H18N4O4. The maximum absolute atomic E-state index is 12.5. The number of methoxy groups -OCH3 is 1. The molecule has 29 heavy (non-hydrogen) atoms. The lowest BCUT2D eigenvalue weighted by Gasteiger charge is -2.08. The van der Waals surface area contributed by atoms with Gasteiger partial charge in [0.1, 0.15) is 0 Å². The summed E-state index contributed by atoms with van der Waals surface area (Å²) in [6.07, 6.45) is 4.40. The van der Waals surface area contributed by atoms with E-state index in [0.29, 0.717) is 11.3 Å². The predicted octanol–water partition coefficient (Wildman–Crippen LogP) is 2.45. The molecular weight excluding hydrogens is 372 g/mol. The summed E-state index contributed by atoms with van der Waals surface area (Å²) >= 11 is 0. The van der Waals surface area contributed by atoms with Crippen molar-refractivity contribution < 1.29 is 19.1 Å². The summed E-state index contributed by atoms with van der Waals surface area (Å²) in [6.45, 7) is 0.267. The molecule has 3 rings (SSSR count). The third kappa shape index (κ3) is 5.23. The second-order valence-corrected chi connectivity index (χ2v) is 5.99. The van der Waals surface area contributed by atoms with Gasteiger partial charge in [0.2, 0.25) is 0 Å². The number of nitrogens with zero attached hydrogens (tertiary/aromatic N) is 2. The van der Waals surface area contributed by atoms with Gasteiger partial charge in [-0.2, -0.15) is 0 Å². The Balaban J connectivity index is 1.64. The lowest BCUT2D eigenvalue weighted by molar-refractivity contribution is 0.0600. The second kappa shape index (κ2) is 9.23. The Morgan fingerprint density at radius 3 is 2.31 bits per heavy atom. The Hall–Kier alpha value is -4.07. The predicted molar refractivity (Wildman–Crippen MR) is 105 cm³/mol. The van der Waals surface area contributed by atoms with Crippen LogP contribution in [0.2, 0.25) is 0 Å². The van der Waals surface area contributed by atoms with Gasteiger partial charge in [0.25, 0.3) is 11.8 Å². The van der Waals surface area contributed by atoms with E-state index in [0.717, 1.165) is 5.69 Å². The standard InChI is InChI=1S/C21H18N4O4/c1-29-21(28)14-5-7-17(8-6-14)25-20(27)16-10-15(11-22-12-16)19(26)24-13-18-4-2-3-9-23-18/h2-12H,13H2,1H3,(H,24,26)(H,25,27). The Kier molecular flexibility index (Phi) is 6.26. The summed E-state index contributed by atoms with van der Waals surface area (Å²) in [5.74, 6) is -1.25. The topological polar surface area (TPSA) is 110 Å². The molecule has 0 unspecified atom stereocenters. The molecule has 0 spiro atoms. The van der Waals surface area contributed by atoms with Gasteiger partial charge in [-0.05, 0) is 42.5 Å². The van der Waals surface area contributed by atoms with Crippen molar-refractivity contribution in [2.45, 2.75) is 6.54 Å². The molecule has 0 saturated carbocycles. The second-order valence-electron chi connectivity index (χ2n) is 5.99. The molecule has 0 aliphatic heterocycles. The van der Waals surface area contributed by atoms with Crippen molar-refractivity contribution in [3.63, 3.8) is 0 Å². The number of benzene rings is 1. The fraction of sp³-hybridized carbons (Fsp3) is 0.0952. The molecule has 2 aromatic heterocycles. The Bertz CT molecular complexity index is 1020. The minimum Gasteiger partial charge on any atom is -0.465 e. The fourth-order valence-electron chi connectivity index (χ4n) is 2.47. The number of pyridine rings is 2. The molecule has 0 saturated heterocycles. The van der Waals surface area contributed by atoms with Crippen molar-refractivity contribution in [3.05, 3.63) is 89.5 Å². The number of carbonyl (C=O) groups is 3. The highest BCUT2D eigenvalue weighted by molar-refractivity contribution is 6.06. The fourth-order valence-corrected chi connectivity index (χ4v) is 2.47. The first-order valence-corrected chi connectivity index (χ1v) is 8.69. The van der Waals surface area contributed by atoms with Gasteiger partial charge in [-0.3, -0.25) is 19.6 Å². The van der Waals surface area contributed by atoms with Crippen LogP contribution in [0, 0.1) is 0 Å². The van der Waals surface area contributed by atoms with Gasteiger partial charge in [-0.25, -0.2) is 4.79 Å². The lowest BCUT2D eigenvalue weighted by Crippen LogP contribution is -2.24. The SMILES string of the molecule is COC(=O)c1ccc(NC(=O)c2cncc(C(=O)NCc3ccccn3)c2)cc1. The molecule has 0 atom stereocenters. The third-order valence-corrected chi connectivity index (χ3v) is 3.98. The van der Waals surface area contributed by atoms with Crippen LogP contribution in [-0.4, -0.2) is 34.9 Å². The van der Waals surface area contributed by atoms with Gasteiger partial charge < -0.3 is 15.4 Å². The zero-order chi connectivity index (χ0) is 20.6. The van der Waals surface area contributed by atoms with Crippen LogP contribution in [0.15, 0.2) is 67.1 Å². The van der Waals surface area contributed by atoms with Crippen LogP contribution < -0.4 is 10.6 Å². The first kappa shape index (κ1) is 19.7. The molecule has 0 aliphatic rings. The van der Waals surface area contributed by atoms with E-state index in [1.54, 1.807) is 42.6 Å². The molecule has 0 fully saturated rings. The van der Waals surface area contributed by atoms with Gasteiger partial charge in [-0.15, -0.1) is 0 Å². The van der Waals surface area contributed by atoms with E-state index in [9.17, 15) is 14.4 Å². The van der Waals surface area contributed by atoms with Crippen molar-refractivity contribution in [2.24, 2.45) is 0 Å². The number of aromatic nitrogens is 2. The Morgan fingerprint density at radius 2 is 1.66 bits per heavy atom. The maximum Gasteiger partial charge on any atom is 0.337 e. The summed E-state index contributed by atoms with van der Waals surface area (Å²) in [4.78, 5) is 44.3. The Labute approximate surface area is 167 Å². The molecule has 8 heteroatoms. The molecule has 2 heterocycles. The molecule has 2 N–H and O–H groups in total. The highest BCUT2D eigenvalue weighted by atomic mass is 16.5. The smallest absolute Gasteiger partial charge is 0.337 e. The van der Waals surface area contributed by atoms with Crippen LogP contribution in [0.3, 0.4) is 0 Å². The lowest BCUT2D eigenvalue weighted by atomic mass is 10.1. The van der Waals surface area contributed by atoms with Crippen molar-refractivity contribution in [3.8, 4) is 0 Å². The Morgan fingerprint density at radius 1 is 0.931 bits per heavy atom. The zero-order valence-corrected chi connectivity index (χ0v) is 15.6. The maximum atomic E-state index is 12.5. The molecule has 0 radical (unpaired) electrons. The monoisotopic (exact) mass is 390 g/mol. The summed E-state index contributed by atoms with van der Waals surface area (Å²) in [5, 5.41) is 5.43. The molecule has 146 valence electrons. The minimum atomic E-state index is -0.462. The number of rotatable bonds is 6. The quantitative estimate of drug-likeness (QED) is 0.626. The number of nitrogens with one attached hydrogen (secondary N) is 2. The van der Waals surface area contributed by atoms with Crippen molar-refractivity contribution >= 4 is 23.5 Å². The zero-order valence-electron chi connectivity index (χ0n) is 15.6. The summed E-state index contributed by atoms with van der Waals surface area (Å²) < 4.78 is 4.63. The largest absolute Gasteiger partial charge is 0.465 e. The van der Waals surface area contributed by atoms with E-state index in [1.165, 1.54) is 25.6 Å². The van der Waals surface area contributed by atoms with Crippen LogP contribution in [0.4, 0.5) is 5.69 Å². The number of anilines is 1. The molecule has 3 aromatic rings. The molecule has 8 nitrogen and oxygen atoms in total. The van der Waals surface area contributed by atoms with Gasteiger partial charge in [0, 0.05) is 24.3 Å². The molecule has 2 amide bonds. The van der Waals surface area contributed by atoms with Gasteiger partial charge >= 0.3 is 5.97 Å². The van der Waals surface area contributed by atoms with Crippen molar-refractivity contribution in [2.75, 3.05) is 12.4 Å². The number of amides is 2. The van der Waals surface area contributed by atoms with Crippen LogP contribution in [0.1, 0.15) is 36.8 Å². The van der Waals surface area contributed by atoms with Gasteiger partial charge in [-0.1, -0.05) is 6.07 Å². The van der Waals surface area contributed by atoms with Gasteiger partial charge in [0.05, 0.1) is 36.0 Å². The van der Waals surface area contributed by atoms with E-state index < -0.39 is 11.9 Å². The van der Waals surface area contributed by atoms with E-state index in [2.05, 4.69) is 25.3 Å². The number of esters is 1. The van der Waals surface area contributed by atoms with E-state index in [4.69, 9.17) is 0 Å².